The lowest BCUT2D eigenvalue weighted by molar-refractivity contribution is -0.274. The molecule has 0 saturated heterocycles. The number of anilines is 2. The summed E-state index contributed by atoms with van der Waals surface area (Å²) in [6.45, 7) is 0. The topological polar surface area (TPSA) is 96.9 Å². The third kappa shape index (κ3) is 4.99. The van der Waals surface area contributed by atoms with E-state index in [9.17, 15) is 18.0 Å². The first-order valence-electron chi connectivity index (χ1n) is 10.8. The predicted octanol–water partition coefficient (Wildman–Crippen LogP) is 6.17. The van der Waals surface area contributed by atoms with Crippen LogP contribution in [-0.4, -0.2) is 32.4 Å². The van der Waals surface area contributed by atoms with Gasteiger partial charge in [0.1, 0.15) is 5.69 Å². The van der Waals surface area contributed by atoms with Crippen LogP contribution in [0.25, 0.3) is 33.3 Å². The Labute approximate surface area is 202 Å². The SMILES string of the molecule is Cn1cc(-c2n[nH]c3cc(-c4ccc(NC(=O)Nc5ccccc5OC(F)(F)F)cc4)ccc23)cn1. The number of aromatic nitrogens is 4. The van der Waals surface area contributed by atoms with Crippen molar-refractivity contribution < 1.29 is 22.7 Å². The zero-order valence-corrected chi connectivity index (χ0v) is 18.8. The summed E-state index contributed by atoms with van der Waals surface area (Å²) in [7, 11) is 1.85. The Morgan fingerprint density at radius 3 is 2.44 bits per heavy atom. The van der Waals surface area contributed by atoms with Crippen LogP contribution in [0.15, 0.2) is 79.1 Å². The summed E-state index contributed by atoms with van der Waals surface area (Å²) < 4.78 is 43.4. The van der Waals surface area contributed by atoms with Gasteiger partial charge >= 0.3 is 12.4 Å². The molecule has 0 aliphatic rings. The molecule has 3 aromatic carbocycles. The first kappa shape index (κ1) is 23.0. The van der Waals surface area contributed by atoms with Gasteiger partial charge in [0.05, 0.1) is 17.4 Å². The quantitative estimate of drug-likeness (QED) is 0.273. The van der Waals surface area contributed by atoms with Crippen molar-refractivity contribution in [2.75, 3.05) is 10.6 Å². The molecule has 3 N–H and O–H groups in total. The monoisotopic (exact) mass is 492 g/mol. The highest BCUT2D eigenvalue weighted by molar-refractivity contribution is 6.01. The van der Waals surface area contributed by atoms with Crippen LogP contribution < -0.4 is 15.4 Å². The average Bonchev–Trinajstić information content (AvgIpc) is 3.45. The highest BCUT2D eigenvalue weighted by Gasteiger charge is 2.32. The van der Waals surface area contributed by atoms with Crippen molar-refractivity contribution in [2.45, 2.75) is 6.36 Å². The number of para-hydroxylation sites is 2. The van der Waals surface area contributed by atoms with Crippen molar-refractivity contribution in [3.8, 4) is 28.1 Å². The first-order chi connectivity index (χ1) is 17.2. The van der Waals surface area contributed by atoms with E-state index in [4.69, 9.17) is 0 Å². The van der Waals surface area contributed by atoms with Crippen molar-refractivity contribution in [3.63, 3.8) is 0 Å². The Bertz CT molecular complexity index is 1540. The number of nitrogens with one attached hydrogen (secondary N) is 3. The van der Waals surface area contributed by atoms with Gasteiger partial charge in [-0.2, -0.15) is 10.2 Å². The molecule has 0 atom stereocenters. The van der Waals surface area contributed by atoms with E-state index in [-0.39, 0.29) is 5.69 Å². The molecule has 5 rings (SSSR count). The van der Waals surface area contributed by atoms with Crippen molar-refractivity contribution in [1.29, 1.82) is 0 Å². The molecule has 182 valence electrons. The molecule has 11 heteroatoms. The van der Waals surface area contributed by atoms with Crippen LogP contribution in [0.3, 0.4) is 0 Å². The van der Waals surface area contributed by atoms with E-state index in [1.807, 2.05) is 43.6 Å². The number of aromatic amines is 1. The van der Waals surface area contributed by atoms with Crippen molar-refractivity contribution in [2.24, 2.45) is 7.05 Å². The van der Waals surface area contributed by atoms with E-state index in [1.54, 1.807) is 23.0 Å². The number of benzene rings is 3. The lowest BCUT2D eigenvalue weighted by Gasteiger charge is -2.14. The highest BCUT2D eigenvalue weighted by Crippen LogP contribution is 2.31. The molecule has 0 bridgehead atoms. The molecule has 0 radical (unpaired) electrons. The Kier molecular flexibility index (Phi) is 5.80. The number of aryl methyl sites for hydroxylation is 1. The summed E-state index contributed by atoms with van der Waals surface area (Å²) >= 11 is 0. The van der Waals surface area contributed by atoms with E-state index in [0.717, 1.165) is 39.4 Å². The molecular formula is C25H19F3N6O2. The van der Waals surface area contributed by atoms with Crippen LogP contribution in [0.5, 0.6) is 5.75 Å². The lowest BCUT2D eigenvalue weighted by atomic mass is 10.0. The summed E-state index contributed by atoms with van der Waals surface area (Å²) in [6.07, 6.45) is -1.22. The van der Waals surface area contributed by atoms with Crippen molar-refractivity contribution in [1.82, 2.24) is 20.0 Å². The van der Waals surface area contributed by atoms with E-state index < -0.39 is 18.1 Å². The minimum absolute atomic E-state index is 0.109. The summed E-state index contributed by atoms with van der Waals surface area (Å²) in [4.78, 5) is 12.3. The van der Waals surface area contributed by atoms with Gasteiger partial charge < -0.3 is 15.4 Å². The molecule has 0 saturated carbocycles. The Morgan fingerprint density at radius 2 is 1.72 bits per heavy atom. The third-order valence-electron chi connectivity index (χ3n) is 5.38. The molecule has 2 heterocycles. The smallest absolute Gasteiger partial charge is 0.404 e. The number of nitrogens with zero attached hydrogens (tertiary/aromatic N) is 3. The fraction of sp³-hybridized carbons (Fsp3) is 0.0800. The molecule has 0 fully saturated rings. The number of carbonyl (C=O) groups excluding carboxylic acids is 1. The number of fused-ring (bicyclic) bond motifs is 1. The summed E-state index contributed by atoms with van der Waals surface area (Å²) in [5.41, 5.74) is 4.81. The average molecular weight is 492 g/mol. The molecule has 8 nitrogen and oxygen atoms in total. The normalized spacial score (nSPS) is 11.4. The van der Waals surface area contributed by atoms with Crippen LogP contribution in [0.4, 0.5) is 29.3 Å². The fourth-order valence-electron chi connectivity index (χ4n) is 3.78. The number of alkyl halides is 3. The number of urea groups is 1. The zero-order chi connectivity index (χ0) is 25.3. The Hall–Kier alpha value is -4.80. The number of H-pyrrole nitrogens is 1. The molecule has 5 aromatic rings. The van der Waals surface area contributed by atoms with Gasteiger partial charge in [0.2, 0.25) is 0 Å². The largest absolute Gasteiger partial charge is 0.573 e. The van der Waals surface area contributed by atoms with Gasteiger partial charge in [0.15, 0.2) is 5.75 Å². The maximum atomic E-state index is 12.6. The van der Waals surface area contributed by atoms with Gasteiger partial charge in [0, 0.05) is 29.9 Å². The van der Waals surface area contributed by atoms with Gasteiger partial charge in [-0.05, 0) is 47.5 Å². The van der Waals surface area contributed by atoms with E-state index in [0.29, 0.717) is 5.69 Å². The number of hydrogen-bond acceptors (Lipinski definition) is 4. The molecule has 0 aliphatic carbocycles. The number of amides is 2. The maximum absolute atomic E-state index is 12.6. The van der Waals surface area contributed by atoms with Crippen LogP contribution in [0, 0.1) is 0 Å². The van der Waals surface area contributed by atoms with Crippen LogP contribution in [-0.2, 0) is 7.05 Å². The molecule has 0 unspecified atom stereocenters. The molecular weight excluding hydrogens is 473 g/mol. The minimum atomic E-state index is -4.87. The Morgan fingerprint density at radius 1 is 0.972 bits per heavy atom. The van der Waals surface area contributed by atoms with Gasteiger partial charge in [-0.1, -0.05) is 30.3 Å². The van der Waals surface area contributed by atoms with Gasteiger partial charge in [-0.15, -0.1) is 13.2 Å². The van der Waals surface area contributed by atoms with E-state index in [2.05, 4.69) is 30.7 Å². The number of rotatable bonds is 5. The predicted molar refractivity (Wildman–Crippen MR) is 129 cm³/mol. The summed E-state index contributed by atoms with van der Waals surface area (Å²) in [5.74, 6) is -0.503. The van der Waals surface area contributed by atoms with Crippen LogP contribution >= 0.6 is 0 Å². The molecule has 36 heavy (non-hydrogen) atoms. The maximum Gasteiger partial charge on any atom is 0.573 e. The van der Waals surface area contributed by atoms with Crippen molar-refractivity contribution in [3.05, 3.63) is 79.1 Å². The number of ether oxygens (including phenoxy) is 1. The van der Waals surface area contributed by atoms with E-state index >= 15 is 0 Å². The number of carbonyl (C=O) groups is 1. The lowest BCUT2D eigenvalue weighted by Crippen LogP contribution is -2.22. The molecule has 2 aromatic heterocycles. The van der Waals surface area contributed by atoms with Gasteiger partial charge in [-0.3, -0.25) is 9.78 Å². The molecule has 0 spiro atoms. The van der Waals surface area contributed by atoms with Crippen LogP contribution in [0.2, 0.25) is 0 Å². The first-order valence-corrected chi connectivity index (χ1v) is 10.8. The standard InChI is InChI=1S/C25H19F3N6O2/c1-34-14-17(13-29-34)23-19-11-8-16(12-21(19)32-33-23)15-6-9-18(10-7-15)30-24(35)31-20-4-2-3-5-22(20)36-25(26,27)28/h2-14H,1H3,(H,32,33)(H2,30,31,35). The summed E-state index contributed by atoms with van der Waals surface area (Å²) in [5, 5.41) is 17.6. The number of halogens is 3. The zero-order valence-electron chi connectivity index (χ0n) is 18.8. The summed E-state index contributed by atoms with van der Waals surface area (Å²) in [6, 6.07) is 17.6. The van der Waals surface area contributed by atoms with Crippen molar-refractivity contribution >= 4 is 28.3 Å². The van der Waals surface area contributed by atoms with Gasteiger partial charge in [0.25, 0.3) is 0 Å². The highest BCUT2D eigenvalue weighted by atomic mass is 19.4. The third-order valence-corrected chi connectivity index (χ3v) is 5.38. The second kappa shape index (κ2) is 9.10. The number of hydrogen-bond donors (Lipinski definition) is 3. The fourth-order valence-corrected chi connectivity index (χ4v) is 3.78. The second-order valence-electron chi connectivity index (χ2n) is 7.94. The van der Waals surface area contributed by atoms with Gasteiger partial charge in [-0.25, -0.2) is 4.79 Å². The second-order valence-corrected chi connectivity index (χ2v) is 7.94. The van der Waals surface area contributed by atoms with Crippen LogP contribution in [0.1, 0.15) is 0 Å². The minimum Gasteiger partial charge on any atom is -0.404 e. The van der Waals surface area contributed by atoms with E-state index in [1.165, 1.54) is 18.2 Å². The molecule has 2 amide bonds. The molecule has 0 aliphatic heterocycles. The Balaban J connectivity index is 1.28.